The molecule has 1 unspecified atom stereocenters. The molecule has 118 valence electrons. The highest BCUT2D eigenvalue weighted by Gasteiger charge is 2.17. The van der Waals surface area contributed by atoms with Gasteiger partial charge in [-0.3, -0.25) is 0 Å². The molecule has 0 radical (unpaired) electrons. The van der Waals surface area contributed by atoms with Crippen molar-refractivity contribution in [1.82, 2.24) is 5.32 Å². The van der Waals surface area contributed by atoms with Crippen LogP contribution in [-0.2, 0) is 11.2 Å². The average Bonchev–Trinajstić information content (AvgIpc) is 2.42. The van der Waals surface area contributed by atoms with Gasteiger partial charge in [-0.15, -0.1) is 0 Å². The van der Waals surface area contributed by atoms with E-state index in [0.717, 1.165) is 23.3 Å². The number of carbonyl (C=O) groups is 1. The van der Waals surface area contributed by atoms with Gasteiger partial charge >= 0.3 is 6.09 Å². The molecule has 0 saturated heterocycles. The van der Waals surface area contributed by atoms with Gasteiger partial charge in [-0.2, -0.15) is 0 Å². The van der Waals surface area contributed by atoms with E-state index in [0.29, 0.717) is 6.54 Å². The average molecular weight is 294 g/mol. The number of rotatable bonds is 5. The van der Waals surface area contributed by atoms with E-state index in [2.05, 4.69) is 12.2 Å². The Kier molecular flexibility index (Phi) is 6.03. The Hall–Kier alpha value is -1.75. The fraction of sp³-hybridized carbons (Fsp3) is 0.562. The first-order valence-electron chi connectivity index (χ1n) is 7.16. The van der Waals surface area contributed by atoms with Gasteiger partial charge in [0.1, 0.15) is 11.4 Å². The number of hydrogen-bond acceptors (Lipinski definition) is 4. The topological polar surface area (TPSA) is 73.6 Å². The predicted molar refractivity (Wildman–Crippen MR) is 83.5 cm³/mol. The van der Waals surface area contributed by atoms with Gasteiger partial charge < -0.3 is 20.5 Å². The lowest BCUT2D eigenvalue weighted by Crippen LogP contribution is -2.36. The highest BCUT2D eigenvalue weighted by atomic mass is 16.6. The summed E-state index contributed by atoms with van der Waals surface area (Å²) in [4.78, 5) is 11.6. The van der Waals surface area contributed by atoms with E-state index in [1.165, 1.54) is 0 Å². The van der Waals surface area contributed by atoms with Gasteiger partial charge in [0.15, 0.2) is 0 Å². The maximum Gasteiger partial charge on any atom is 0.407 e. The van der Waals surface area contributed by atoms with Gasteiger partial charge in [-0.25, -0.2) is 4.79 Å². The number of aryl methyl sites for hydroxylation is 1. The number of alkyl carbamates (subject to hydrolysis) is 1. The summed E-state index contributed by atoms with van der Waals surface area (Å²) in [5.74, 6) is 0.855. The number of benzene rings is 1. The van der Waals surface area contributed by atoms with Crippen molar-refractivity contribution in [1.29, 1.82) is 0 Å². The Labute approximate surface area is 126 Å². The lowest BCUT2D eigenvalue weighted by molar-refractivity contribution is 0.0524. The second kappa shape index (κ2) is 7.31. The third kappa shape index (κ3) is 5.63. The highest BCUT2D eigenvalue weighted by Crippen LogP contribution is 2.22. The van der Waals surface area contributed by atoms with Crippen LogP contribution in [0, 0.1) is 0 Å². The molecule has 0 bridgehead atoms. The number of methoxy groups -OCH3 is 1. The molecule has 21 heavy (non-hydrogen) atoms. The van der Waals surface area contributed by atoms with E-state index >= 15 is 0 Å². The van der Waals surface area contributed by atoms with E-state index in [1.54, 1.807) is 7.11 Å². The molecule has 0 heterocycles. The minimum Gasteiger partial charge on any atom is -0.496 e. The van der Waals surface area contributed by atoms with Gasteiger partial charge in [0.2, 0.25) is 0 Å². The van der Waals surface area contributed by atoms with E-state index in [9.17, 15) is 4.79 Å². The zero-order chi connectivity index (χ0) is 16.0. The number of hydrogen-bond donors (Lipinski definition) is 2. The zero-order valence-electron chi connectivity index (χ0n) is 13.5. The minimum absolute atomic E-state index is 0.284. The molecule has 0 aliphatic heterocycles. The van der Waals surface area contributed by atoms with E-state index < -0.39 is 11.7 Å². The molecule has 1 atom stereocenters. The molecule has 3 N–H and O–H groups in total. The monoisotopic (exact) mass is 294 g/mol. The summed E-state index contributed by atoms with van der Waals surface area (Å²) in [6.45, 7) is 7.85. The Balaban J connectivity index is 2.63. The maximum absolute atomic E-state index is 11.6. The van der Waals surface area contributed by atoms with Crippen LogP contribution in [-0.4, -0.2) is 25.3 Å². The lowest BCUT2D eigenvalue weighted by Gasteiger charge is -2.21. The number of carbonyl (C=O) groups excluding carboxylic acids is 1. The first-order valence-corrected chi connectivity index (χ1v) is 7.16. The van der Waals surface area contributed by atoms with Crippen molar-refractivity contribution in [2.45, 2.75) is 45.8 Å². The fourth-order valence-electron chi connectivity index (χ4n) is 1.93. The van der Waals surface area contributed by atoms with Gasteiger partial charge in [-0.1, -0.05) is 19.1 Å². The van der Waals surface area contributed by atoms with Crippen molar-refractivity contribution >= 4 is 6.09 Å². The third-order valence-electron chi connectivity index (χ3n) is 2.98. The summed E-state index contributed by atoms with van der Waals surface area (Å²) in [7, 11) is 1.65. The van der Waals surface area contributed by atoms with Gasteiger partial charge in [0.25, 0.3) is 0 Å². The van der Waals surface area contributed by atoms with Gasteiger partial charge in [0, 0.05) is 12.6 Å². The number of ether oxygens (including phenoxy) is 2. The molecule has 0 aromatic heterocycles. The number of nitrogens with two attached hydrogens (primary N) is 1. The molecule has 1 aromatic carbocycles. The van der Waals surface area contributed by atoms with Crippen LogP contribution in [0.25, 0.3) is 0 Å². The summed E-state index contributed by atoms with van der Waals surface area (Å²) in [6.07, 6.45) is 0.408. The summed E-state index contributed by atoms with van der Waals surface area (Å²) < 4.78 is 10.5. The Morgan fingerprint density at radius 3 is 2.57 bits per heavy atom. The first kappa shape index (κ1) is 17.3. The van der Waals surface area contributed by atoms with Crippen molar-refractivity contribution in [2.24, 2.45) is 5.73 Å². The van der Waals surface area contributed by atoms with Crippen LogP contribution in [0.15, 0.2) is 18.2 Å². The molecule has 1 amide bonds. The highest BCUT2D eigenvalue weighted by molar-refractivity contribution is 5.67. The molecule has 0 saturated carbocycles. The SMILES string of the molecule is CCc1cc(C(N)CNC(=O)OC(C)(C)C)ccc1OC. The molecule has 1 rings (SSSR count). The Morgan fingerprint density at radius 1 is 1.38 bits per heavy atom. The smallest absolute Gasteiger partial charge is 0.407 e. The zero-order valence-corrected chi connectivity index (χ0v) is 13.5. The summed E-state index contributed by atoms with van der Waals surface area (Å²) >= 11 is 0. The number of nitrogens with one attached hydrogen (secondary N) is 1. The predicted octanol–water partition coefficient (Wildman–Crippen LogP) is 2.78. The second-order valence-electron chi connectivity index (χ2n) is 5.91. The van der Waals surface area contributed by atoms with E-state index in [1.807, 2.05) is 39.0 Å². The quantitative estimate of drug-likeness (QED) is 0.875. The Bertz CT molecular complexity index is 481. The van der Waals surface area contributed by atoms with Gasteiger partial charge in [0.05, 0.1) is 7.11 Å². The van der Waals surface area contributed by atoms with Crippen molar-refractivity contribution in [3.8, 4) is 5.75 Å². The van der Waals surface area contributed by atoms with Crippen molar-refractivity contribution in [2.75, 3.05) is 13.7 Å². The molecule has 1 aromatic rings. The van der Waals surface area contributed by atoms with Crippen LogP contribution in [0.1, 0.15) is 44.9 Å². The molecule has 0 aliphatic rings. The normalized spacial score (nSPS) is 12.7. The van der Waals surface area contributed by atoms with Crippen LogP contribution in [0.4, 0.5) is 4.79 Å². The molecule has 0 fully saturated rings. The Morgan fingerprint density at radius 2 is 2.05 bits per heavy atom. The third-order valence-corrected chi connectivity index (χ3v) is 2.98. The van der Waals surface area contributed by atoms with E-state index in [-0.39, 0.29) is 6.04 Å². The van der Waals surface area contributed by atoms with Crippen molar-refractivity contribution in [3.05, 3.63) is 29.3 Å². The molecule has 0 aliphatic carbocycles. The van der Waals surface area contributed by atoms with Crippen LogP contribution in [0.3, 0.4) is 0 Å². The molecule has 5 nitrogen and oxygen atoms in total. The summed E-state index contributed by atoms with van der Waals surface area (Å²) in [6, 6.07) is 5.55. The van der Waals surface area contributed by atoms with Gasteiger partial charge in [-0.05, 0) is 44.4 Å². The first-order chi connectivity index (χ1) is 9.76. The second-order valence-corrected chi connectivity index (χ2v) is 5.91. The van der Waals surface area contributed by atoms with Crippen molar-refractivity contribution < 1.29 is 14.3 Å². The summed E-state index contributed by atoms with van der Waals surface area (Å²) in [5, 5.41) is 2.69. The van der Waals surface area contributed by atoms with Crippen molar-refractivity contribution in [3.63, 3.8) is 0 Å². The minimum atomic E-state index is -0.510. The largest absolute Gasteiger partial charge is 0.496 e. The lowest BCUT2D eigenvalue weighted by atomic mass is 10.0. The van der Waals surface area contributed by atoms with Crippen LogP contribution < -0.4 is 15.8 Å². The molecule has 0 spiro atoms. The molecule has 5 heteroatoms. The van der Waals surface area contributed by atoms with Crippen LogP contribution >= 0.6 is 0 Å². The summed E-state index contributed by atoms with van der Waals surface area (Å²) in [5.41, 5.74) is 7.66. The standard InChI is InChI=1S/C16H26N2O3/c1-6-11-9-12(7-8-14(11)20-5)13(17)10-18-15(19)21-16(2,3)4/h7-9,13H,6,10,17H2,1-5H3,(H,18,19). The molecular weight excluding hydrogens is 268 g/mol. The number of amides is 1. The molecular formula is C16H26N2O3. The maximum atomic E-state index is 11.6. The van der Waals surface area contributed by atoms with Crippen LogP contribution in [0.5, 0.6) is 5.75 Å². The van der Waals surface area contributed by atoms with E-state index in [4.69, 9.17) is 15.2 Å². The fourth-order valence-corrected chi connectivity index (χ4v) is 1.93. The van der Waals surface area contributed by atoms with Crippen LogP contribution in [0.2, 0.25) is 0 Å².